The Morgan fingerprint density at radius 3 is 2.52 bits per heavy atom. The first-order chi connectivity index (χ1) is 14.1. The van der Waals surface area contributed by atoms with Crippen LogP contribution in [0.5, 0.6) is 5.75 Å². The second-order valence-electron chi connectivity index (χ2n) is 6.67. The van der Waals surface area contributed by atoms with E-state index in [9.17, 15) is 9.59 Å². The molecule has 0 fully saturated rings. The zero-order chi connectivity index (χ0) is 20.5. The summed E-state index contributed by atoms with van der Waals surface area (Å²) in [6.07, 6.45) is 5.68. The summed E-state index contributed by atoms with van der Waals surface area (Å²) in [4.78, 5) is 30.4. The SMILES string of the molecule is N[C@@H](Cc1c[nH]cn1)C(=O)N[C@H]([C]=O)Cc1ccc(OCc2ccccc2)cc1. The van der Waals surface area contributed by atoms with Crippen LogP contribution in [0.1, 0.15) is 16.8 Å². The van der Waals surface area contributed by atoms with Crippen molar-refractivity contribution in [3.63, 3.8) is 0 Å². The summed E-state index contributed by atoms with van der Waals surface area (Å²) in [5.41, 5.74) is 8.54. The summed E-state index contributed by atoms with van der Waals surface area (Å²) in [6.45, 7) is 0.481. The number of carbonyl (C=O) groups excluding carboxylic acids is 2. The van der Waals surface area contributed by atoms with Crippen molar-refractivity contribution in [2.45, 2.75) is 31.5 Å². The number of nitrogens with one attached hydrogen (secondary N) is 2. The summed E-state index contributed by atoms with van der Waals surface area (Å²) < 4.78 is 5.75. The fraction of sp³-hybridized carbons (Fsp3) is 0.227. The molecule has 0 bridgehead atoms. The van der Waals surface area contributed by atoms with Crippen LogP contribution in [0, 0.1) is 0 Å². The molecule has 1 heterocycles. The van der Waals surface area contributed by atoms with Crippen LogP contribution < -0.4 is 15.8 Å². The number of nitrogens with two attached hydrogens (primary N) is 1. The van der Waals surface area contributed by atoms with E-state index in [0.29, 0.717) is 18.7 Å². The van der Waals surface area contributed by atoms with E-state index in [4.69, 9.17) is 10.5 Å². The highest BCUT2D eigenvalue weighted by Gasteiger charge is 2.19. The minimum atomic E-state index is -0.789. The standard InChI is InChI=1S/C22H23N4O3/c23-21(11-18-12-24-15-25-18)22(28)26-19(13-27)10-16-6-8-20(9-7-16)29-14-17-4-2-1-3-5-17/h1-9,12,15,19,21H,10-11,14,23H2,(H,24,25)(H,26,28)/t19-,21-/m0/s1. The third kappa shape index (κ3) is 6.29. The number of hydrogen-bond donors (Lipinski definition) is 3. The van der Waals surface area contributed by atoms with Crippen LogP contribution in [-0.2, 0) is 29.0 Å². The van der Waals surface area contributed by atoms with E-state index in [0.717, 1.165) is 16.9 Å². The molecule has 3 aromatic rings. The van der Waals surface area contributed by atoms with Gasteiger partial charge in [-0.3, -0.25) is 9.59 Å². The monoisotopic (exact) mass is 391 g/mol. The van der Waals surface area contributed by atoms with Gasteiger partial charge in [-0.15, -0.1) is 0 Å². The summed E-state index contributed by atoms with van der Waals surface area (Å²) in [6, 6.07) is 15.7. The lowest BCUT2D eigenvalue weighted by molar-refractivity contribution is -0.122. The van der Waals surface area contributed by atoms with Gasteiger partial charge in [0.1, 0.15) is 12.4 Å². The number of carbonyl (C=O) groups is 1. The Bertz CT molecular complexity index is 896. The van der Waals surface area contributed by atoms with E-state index in [1.807, 2.05) is 60.9 Å². The molecular formula is C22H23N4O3. The minimum Gasteiger partial charge on any atom is -0.489 e. The molecule has 2 atom stereocenters. The van der Waals surface area contributed by atoms with E-state index < -0.39 is 18.0 Å². The summed E-state index contributed by atoms with van der Waals surface area (Å²) in [7, 11) is 0. The van der Waals surface area contributed by atoms with Gasteiger partial charge in [-0.25, -0.2) is 4.98 Å². The number of ether oxygens (including phenoxy) is 1. The molecule has 7 heteroatoms. The van der Waals surface area contributed by atoms with Crippen molar-refractivity contribution in [3.05, 3.63) is 83.9 Å². The van der Waals surface area contributed by atoms with Crippen molar-refractivity contribution in [1.82, 2.24) is 15.3 Å². The fourth-order valence-corrected chi connectivity index (χ4v) is 2.82. The molecule has 0 aliphatic rings. The number of nitrogens with zero attached hydrogens (tertiary/aromatic N) is 1. The van der Waals surface area contributed by atoms with Crippen molar-refractivity contribution in [1.29, 1.82) is 0 Å². The van der Waals surface area contributed by atoms with E-state index >= 15 is 0 Å². The third-order valence-corrected chi connectivity index (χ3v) is 4.39. The zero-order valence-corrected chi connectivity index (χ0v) is 15.9. The average Bonchev–Trinajstić information content (AvgIpc) is 3.26. The molecule has 0 saturated heterocycles. The predicted molar refractivity (Wildman–Crippen MR) is 109 cm³/mol. The third-order valence-electron chi connectivity index (χ3n) is 4.39. The van der Waals surface area contributed by atoms with Crippen LogP contribution in [0.25, 0.3) is 0 Å². The fourth-order valence-electron chi connectivity index (χ4n) is 2.82. The van der Waals surface area contributed by atoms with Crippen LogP contribution in [0.3, 0.4) is 0 Å². The van der Waals surface area contributed by atoms with E-state index in [2.05, 4.69) is 15.3 Å². The summed E-state index contributed by atoms with van der Waals surface area (Å²) in [5, 5.41) is 2.63. The highest BCUT2D eigenvalue weighted by Crippen LogP contribution is 2.15. The molecule has 0 aliphatic heterocycles. The minimum absolute atomic E-state index is 0.286. The molecule has 2 aromatic carbocycles. The van der Waals surface area contributed by atoms with E-state index in [-0.39, 0.29) is 6.42 Å². The number of aromatic nitrogens is 2. The van der Waals surface area contributed by atoms with Crippen molar-refractivity contribution >= 4 is 12.2 Å². The molecule has 0 aliphatic carbocycles. The number of H-pyrrole nitrogens is 1. The molecule has 1 aromatic heterocycles. The Morgan fingerprint density at radius 2 is 1.86 bits per heavy atom. The van der Waals surface area contributed by atoms with E-state index in [1.54, 1.807) is 6.20 Å². The maximum atomic E-state index is 12.2. The molecule has 29 heavy (non-hydrogen) atoms. The first kappa shape index (κ1) is 20.3. The second-order valence-corrected chi connectivity index (χ2v) is 6.67. The molecule has 3 rings (SSSR count). The zero-order valence-electron chi connectivity index (χ0n) is 15.9. The van der Waals surface area contributed by atoms with Gasteiger partial charge in [0, 0.05) is 19.0 Å². The topological polar surface area (TPSA) is 110 Å². The van der Waals surface area contributed by atoms with Crippen molar-refractivity contribution in [2.75, 3.05) is 0 Å². The van der Waals surface area contributed by atoms with Gasteiger partial charge in [0.2, 0.25) is 12.2 Å². The lowest BCUT2D eigenvalue weighted by Crippen LogP contribution is -2.47. The second kappa shape index (κ2) is 10.2. The lowest BCUT2D eigenvalue weighted by Gasteiger charge is -2.16. The van der Waals surface area contributed by atoms with Gasteiger partial charge >= 0.3 is 0 Å². The Hall–Kier alpha value is -3.45. The Kier molecular flexibility index (Phi) is 7.13. The van der Waals surface area contributed by atoms with Crippen molar-refractivity contribution in [2.24, 2.45) is 5.73 Å². The maximum absolute atomic E-state index is 12.2. The number of hydrogen-bond acceptors (Lipinski definition) is 5. The molecule has 7 nitrogen and oxygen atoms in total. The molecule has 1 amide bonds. The predicted octanol–water partition coefficient (Wildman–Crippen LogP) is 1.70. The number of amides is 1. The molecule has 0 unspecified atom stereocenters. The van der Waals surface area contributed by atoms with Crippen molar-refractivity contribution < 1.29 is 14.3 Å². The molecule has 4 N–H and O–H groups in total. The molecular weight excluding hydrogens is 368 g/mol. The van der Waals surface area contributed by atoms with Crippen LogP contribution in [0.2, 0.25) is 0 Å². The number of aromatic amines is 1. The number of benzene rings is 2. The van der Waals surface area contributed by atoms with Gasteiger partial charge in [0.05, 0.1) is 24.1 Å². The molecule has 0 spiro atoms. The number of rotatable bonds is 10. The average molecular weight is 391 g/mol. The van der Waals surface area contributed by atoms with Crippen LogP contribution in [-0.4, -0.2) is 34.2 Å². The molecule has 149 valence electrons. The first-order valence-corrected chi connectivity index (χ1v) is 9.31. The largest absolute Gasteiger partial charge is 0.489 e. The Morgan fingerprint density at radius 1 is 1.10 bits per heavy atom. The quantitative estimate of drug-likeness (QED) is 0.487. The number of imidazole rings is 1. The van der Waals surface area contributed by atoms with Gasteiger partial charge in [-0.2, -0.15) is 0 Å². The normalized spacial score (nSPS) is 12.7. The molecule has 0 saturated carbocycles. The smallest absolute Gasteiger partial charge is 0.237 e. The van der Waals surface area contributed by atoms with Gasteiger partial charge in [-0.05, 0) is 23.3 Å². The van der Waals surface area contributed by atoms with Gasteiger partial charge in [0.15, 0.2) is 0 Å². The van der Waals surface area contributed by atoms with Crippen LogP contribution in [0.15, 0.2) is 67.1 Å². The van der Waals surface area contributed by atoms with Crippen molar-refractivity contribution in [3.8, 4) is 5.75 Å². The van der Waals surface area contributed by atoms with E-state index in [1.165, 1.54) is 6.33 Å². The lowest BCUT2D eigenvalue weighted by atomic mass is 10.1. The Balaban J connectivity index is 1.49. The highest BCUT2D eigenvalue weighted by molar-refractivity contribution is 5.84. The summed E-state index contributed by atoms with van der Waals surface area (Å²) in [5.74, 6) is 0.318. The molecule has 1 radical (unpaired) electrons. The van der Waals surface area contributed by atoms with Crippen LogP contribution >= 0.6 is 0 Å². The van der Waals surface area contributed by atoms with Gasteiger partial charge in [0.25, 0.3) is 0 Å². The first-order valence-electron chi connectivity index (χ1n) is 9.31. The van der Waals surface area contributed by atoms with Gasteiger partial charge < -0.3 is 20.8 Å². The van der Waals surface area contributed by atoms with Crippen LogP contribution in [0.4, 0.5) is 0 Å². The Labute approximate surface area is 169 Å². The summed E-state index contributed by atoms with van der Waals surface area (Å²) >= 11 is 0. The van der Waals surface area contributed by atoms with Gasteiger partial charge in [-0.1, -0.05) is 42.5 Å². The highest BCUT2D eigenvalue weighted by atomic mass is 16.5. The maximum Gasteiger partial charge on any atom is 0.237 e.